The summed E-state index contributed by atoms with van der Waals surface area (Å²) in [6.07, 6.45) is 8.41. The summed E-state index contributed by atoms with van der Waals surface area (Å²) in [5.74, 6) is 2.61. The predicted octanol–water partition coefficient (Wildman–Crippen LogP) is 2.22. The summed E-state index contributed by atoms with van der Waals surface area (Å²) in [4.78, 5) is 9.44. The van der Waals surface area contributed by atoms with Gasteiger partial charge in [0, 0.05) is 37.9 Å². The van der Waals surface area contributed by atoms with Crippen LogP contribution in [0.2, 0.25) is 0 Å². The number of nitrogens with zero attached hydrogens (tertiary/aromatic N) is 4. The number of rotatable bonds is 7. The first kappa shape index (κ1) is 16.8. The van der Waals surface area contributed by atoms with Gasteiger partial charge in [0.1, 0.15) is 11.6 Å². The van der Waals surface area contributed by atoms with Gasteiger partial charge in [0.25, 0.3) is 0 Å². The number of hydrogen-bond donors (Lipinski definition) is 0. The summed E-state index contributed by atoms with van der Waals surface area (Å²) in [5.41, 5.74) is 0. The topological polar surface area (TPSA) is 46.7 Å². The summed E-state index contributed by atoms with van der Waals surface area (Å²) >= 11 is 0. The highest BCUT2D eigenvalue weighted by atomic mass is 16.5. The molecule has 1 fully saturated rings. The fourth-order valence-electron chi connectivity index (χ4n) is 3.92. The van der Waals surface area contributed by atoms with Gasteiger partial charge in [-0.1, -0.05) is 0 Å². The highest BCUT2D eigenvalue weighted by molar-refractivity contribution is 5.00. The molecule has 4 heterocycles. The molecule has 2 aromatic rings. The van der Waals surface area contributed by atoms with E-state index in [2.05, 4.69) is 25.5 Å². The van der Waals surface area contributed by atoms with E-state index in [4.69, 9.17) is 9.15 Å². The number of ether oxygens (including phenoxy) is 1. The van der Waals surface area contributed by atoms with Crippen LogP contribution in [0.15, 0.2) is 35.2 Å². The molecule has 0 bridgehead atoms. The van der Waals surface area contributed by atoms with E-state index in [1.54, 1.807) is 6.26 Å². The van der Waals surface area contributed by atoms with Crippen LogP contribution in [0.3, 0.4) is 0 Å². The monoisotopic (exact) mass is 344 g/mol. The van der Waals surface area contributed by atoms with E-state index in [1.807, 2.05) is 18.3 Å². The Morgan fingerprint density at radius 2 is 2.12 bits per heavy atom. The van der Waals surface area contributed by atoms with Crippen molar-refractivity contribution in [1.82, 2.24) is 19.4 Å². The van der Waals surface area contributed by atoms with Crippen molar-refractivity contribution in [3.05, 3.63) is 42.4 Å². The van der Waals surface area contributed by atoms with Gasteiger partial charge < -0.3 is 18.6 Å². The van der Waals surface area contributed by atoms with Crippen molar-refractivity contribution in [2.45, 2.75) is 32.5 Å². The Labute approximate surface area is 149 Å². The van der Waals surface area contributed by atoms with Crippen LogP contribution in [0, 0.1) is 5.92 Å². The molecule has 0 amide bonds. The van der Waals surface area contributed by atoms with Gasteiger partial charge >= 0.3 is 0 Å². The smallest absolute Gasteiger partial charge is 0.122 e. The predicted molar refractivity (Wildman–Crippen MR) is 95.0 cm³/mol. The standard InChI is InChI=1S/C19H28N4O2/c1-2-7-21(6-1)9-11-24-16-17-12-22(14-18-4-3-10-25-18)15-19-20-5-8-23(19)13-17/h3-5,8,10,17H,1-2,6-7,9,11-16H2. The Bertz CT molecular complexity index is 634. The highest BCUT2D eigenvalue weighted by Crippen LogP contribution is 2.18. The maximum Gasteiger partial charge on any atom is 0.122 e. The molecule has 4 rings (SSSR count). The summed E-state index contributed by atoms with van der Waals surface area (Å²) in [6, 6.07) is 3.99. The van der Waals surface area contributed by atoms with Crippen molar-refractivity contribution in [3.63, 3.8) is 0 Å². The average Bonchev–Trinajstić information content (AvgIpc) is 3.35. The van der Waals surface area contributed by atoms with E-state index < -0.39 is 0 Å². The second-order valence-corrected chi connectivity index (χ2v) is 7.23. The first-order valence-corrected chi connectivity index (χ1v) is 9.41. The molecule has 136 valence electrons. The molecule has 1 unspecified atom stereocenters. The van der Waals surface area contributed by atoms with Crippen molar-refractivity contribution >= 4 is 0 Å². The normalized spacial score (nSPS) is 22.2. The van der Waals surface area contributed by atoms with Gasteiger partial charge in [-0.25, -0.2) is 4.98 Å². The van der Waals surface area contributed by atoms with Crippen LogP contribution in [0.1, 0.15) is 24.4 Å². The first-order chi connectivity index (χ1) is 12.4. The molecule has 25 heavy (non-hydrogen) atoms. The highest BCUT2D eigenvalue weighted by Gasteiger charge is 2.23. The van der Waals surface area contributed by atoms with Gasteiger partial charge in [0.05, 0.1) is 32.6 Å². The summed E-state index contributed by atoms with van der Waals surface area (Å²) in [6.45, 7) is 8.86. The number of imidazole rings is 1. The van der Waals surface area contributed by atoms with Gasteiger partial charge in [-0.15, -0.1) is 0 Å². The van der Waals surface area contributed by atoms with Gasteiger partial charge in [-0.05, 0) is 38.1 Å². The van der Waals surface area contributed by atoms with E-state index in [9.17, 15) is 0 Å². The third-order valence-corrected chi connectivity index (χ3v) is 5.20. The zero-order chi connectivity index (χ0) is 16.9. The Balaban J connectivity index is 1.32. The van der Waals surface area contributed by atoms with Crippen LogP contribution >= 0.6 is 0 Å². The quantitative estimate of drug-likeness (QED) is 0.721. The minimum absolute atomic E-state index is 0.476. The fraction of sp³-hybridized carbons (Fsp3) is 0.632. The Morgan fingerprint density at radius 3 is 2.96 bits per heavy atom. The van der Waals surface area contributed by atoms with Crippen molar-refractivity contribution in [3.8, 4) is 0 Å². The molecule has 0 radical (unpaired) electrons. The van der Waals surface area contributed by atoms with E-state index >= 15 is 0 Å². The van der Waals surface area contributed by atoms with E-state index in [0.717, 1.165) is 57.5 Å². The molecule has 2 aliphatic rings. The van der Waals surface area contributed by atoms with E-state index in [-0.39, 0.29) is 0 Å². The maximum atomic E-state index is 6.04. The number of likely N-dealkylation sites (tertiary alicyclic amines) is 1. The number of fused-ring (bicyclic) bond motifs is 1. The Hall–Kier alpha value is -1.63. The minimum atomic E-state index is 0.476. The molecule has 2 aliphatic heterocycles. The van der Waals surface area contributed by atoms with Crippen LogP contribution in [0.4, 0.5) is 0 Å². The van der Waals surface area contributed by atoms with Crippen molar-refractivity contribution in [2.75, 3.05) is 39.4 Å². The largest absolute Gasteiger partial charge is 0.468 e. The molecule has 0 N–H and O–H groups in total. The minimum Gasteiger partial charge on any atom is -0.468 e. The lowest BCUT2D eigenvalue weighted by atomic mass is 10.1. The molecule has 6 heteroatoms. The summed E-state index contributed by atoms with van der Waals surface area (Å²) in [5, 5.41) is 0. The molecular weight excluding hydrogens is 316 g/mol. The lowest BCUT2D eigenvalue weighted by Gasteiger charge is -2.23. The molecule has 1 saturated heterocycles. The second-order valence-electron chi connectivity index (χ2n) is 7.23. The molecule has 0 aromatic carbocycles. The molecular formula is C19H28N4O2. The number of furan rings is 1. The number of aromatic nitrogens is 2. The molecule has 0 saturated carbocycles. The van der Waals surface area contributed by atoms with E-state index in [1.165, 1.54) is 25.9 Å². The summed E-state index contributed by atoms with van der Waals surface area (Å²) in [7, 11) is 0. The average molecular weight is 344 g/mol. The van der Waals surface area contributed by atoms with Crippen LogP contribution in [0.5, 0.6) is 0 Å². The number of hydrogen-bond acceptors (Lipinski definition) is 5. The van der Waals surface area contributed by atoms with Crippen LogP contribution in [-0.2, 0) is 24.4 Å². The molecule has 6 nitrogen and oxygen atoms in total. The molecule has 0 spiro atoms. The summed E-state index contributed by atoms with van der Waals surface area (Å²) < 4.78 is 13.8. The molecule has 2 aromatic heterocycles. The van der Waals surface area contributed by atoms with Crippen LogP contribution < -0.4 is 0 Å². The van der Waals surface area contributed by atoms with Gasteiger partial charge in [-0.2, -0.15) is 0 Å². The van der Waals surface area contributed by atoms with Crippen molar-refractivity contribution in [2.24, 2.45) is 5.92 Å². The third kappa shape index (κ3) is 4.51. The zero-order valence-electron chi connectivity index (χ0n) is 14.8. The van der Waals surface area contributed by atoms with Crippen molar-refractivity contribution in [1.29, 1.82) is 0 Å². The Kier molecular flexibility index (Phi) is 5.49. The fourth-order valence-corrected chi connectivity index (χ4v) is 3.92. The van der Waals surface area contributed by atoms with Gasteiger partial charge in [-0.3, -0.25) is 4.90 Å². The Morgan fingerprint density at radius 1 is 1.20 bits per heavy atom. The van der Waals surface area contributed by atoms with E-state index in [0.29, 0.717) is 5.92 Å². The SMILES string of the molecule is c1coc(CN2Cc3nccn3CC(COCCN3CCCC3)C2)c1. The van der Waals surface area contributed by atoms with Crippen molar-refractivity contribution < 1.29 is 9.15 Å². The lowest BCUT2D eigenvalue weighted by Crippen LogP contribution is -2.31. The molecule has 1 atom stereocenters. The van der Waals surface area contributed by atoms with Gasteiger partial charge in [0.15, 0.2) is 0 Å². The van der Waals surface area contributed by atoms with Crippen LogP contribution in [0.25, 0.3) is 0 Å². The lowest BCUT2D eigenvalue weighted by molar-refractivity contribution is 0.0637. The molecule has 0 aliphatic carbocycles. The van der Waals surface area contributed by atoms with Crippen LogP contribution in [-0.4, -0.2) is 58.7 Å². The first-order valence-electron chi connectivity index (χ1n) is 9.41. The maximum absolute atomic E-state index is 6.04. The third-order valence-electron chi connectivity index (χ3n) is 5.20. The van der Waals surface area contributed by atoms with Gasteiger partial charge in [0.2, 0.25) is 0 Å². The second kappa shape index (κ2) is 8.17. The zero-order valence-corrected chi connectivity index (χ0v) is 14.8.